The van der Waals surface area contributed by atoms with Gasteiger partial charge < -0.3 is 0 Å². The Bertz CT molecular complexity index is 137. The average Bonchev–Trinajstić information content (AvgIpc) is 1.72. The van der Waals surface area contributed by atoms with E-state index in [2.05, 4.69) is 0 Å². The Hall–Kier alpha value is 0.756. The van der Waals surface area contributed by atoms with Gasteiger partial charge in [0.2, 0.25) is 0 Å². The van der Waals surface area contributed by atoms with Crippen molar-refractivity contribution in [3.63, 3.8) is 0 Å². The topological polar surface area (TPSA) is 71.4 Å². The Morgan fingerprint density at radius 1 is 0.875 bits per heavy atom. The first-order chi connectivity index (χ1) is 3.35. The summed E-state index contributed by atoms with van der Waals surface area (Å²) >= 11 is -2.49. The van der Waals surface area contributed by atoms with Crippen LogP contribution in [-0.4, -0.2) is 51.4 Å². The summed E-state index contributed by atoms with van der Waals surface area (Å²) in [7, 11) is 0. The van der Waals surface area contributed by atoms with E-state index in [1.165, 1.54) is 0 Å². The van der Waals surface area contributed by atoms with E-state index in [9.17, 15) is 0 Å². The largest absolute Gasteiger partial charge is 0 e. The van der Waals surface area contributed by atoms with E-state index in [1.54, 1.807) is 13.7 Å². The van der Waals surface area contributed by atoms with Crippen molar-refractivity contribution in [3.8, 4) is 13.7 Å². The molecule has 1 radical (unpaired) electrons. The Morgan fingerprint density at radius 2 is 1.12 bits per heavy atom. The summed E-state index contributed by atoms with van der Waals surface area (Å²) in [6.45, 7) is 0. The molecule has 0 heterocycles. The smallest absolute Gasteiger partial charge is 0 e. The molecule has 0 atom stereocenters. The van der Waals surface area contributed by atoms with Crippen molar-refractivity contribution >= 4 is 51.4 Å². The Kier molecular flexibility index (Phi) is 11.2. The van der Waals surface area contributed by atoms with Gasteiger partial charge in [0.1, 0.15) is 0 Å². The molecule has 0 aromatic heterocycles. The Labute approximate surface area is 95.5 Å². The number of rotatable bonds is 0. The molecule has 0 fully saturated rings. The zero-order valence-electron chi connectivity index (χ0n) is 4.17. The summed E-state index contributed by atoms with van der Waals surface area (Å²) in [6, 6.07) is 0. The molecule has 0 spiro atoms. The third kappa shape index (κ3) is 4.90. The molecule has 0 aromatic rings. The zero-order valence-corrected chi connectivity index (χ0v) is 9.69. The molecular formula is C3IrKN3. The van der Waals surface area contributed by atoms with Crippen LogP contribution >= 0.6 is 0 Å². The van der Waals surface area contributed by atoms with E-state index < -0.39 is 16.5 Å². The van der Waals surface area contributed by atoms with Crippen molar-refractivity contribution in [1.82, 2.24) is 0 Å². The van der Waals surface area contributed by atoms with Crippen molar-refractivity contribution in [1.29, 1.82) is 15.8 Å². The predicted molar refractivity (Wildman–Crippen MR) is 22.6 cm³/mol. The molecule has 8 heavy (non-hydrogen) atoms. The molecule has 0 amide bonds. The first-order valence-electron chi connectivity index (χ1n) is 1.17. The van der Waals surface area contributed by atoms with E-state index in [-0.39, 0.29) is 51.4 Å². The second-order valence-corrected chi connectivity index (χ2v) is 3.88. The third-order valence-electron chi connectivity index (χ3n) is 0.224. The number of nitrogens with zero attached hydrogens (tertiary/aromatic N) is 3. The van der Waals surface area contributed by atoms with Crippen LogP contribution in [0.25, 0.3) is 0 Å². The maximum absolute atomic E-state index is 7.91. The molecule has 0 saturated heterocycles. The third-order valence-corrected chi connectivity index (χ3v) is 1.83. The normalized spacial score (nSPS) is 6.38. The van der Waals surface area contributed by atoms with Crippen LogP contribution in [0, 0.1) is 29.5 Å². The quantitative estimate of drug-likeness (QED) is 0.575. The molecule has 0 aromatic carbocycles. The molecule has 0 rings (SSSR count). The summed E-state index contributed by atoms with van der Waals surface area (Å²) in [5.41, 5.74) is 0. The minimum atomic E-state index is -2.49. The molecule has 0 aliphatic carbocycles. The summed E-state index contributed by atoms with van der Waals surface area (Å²) in [5, 5.41) is 23.7. The fourth-order valence-electron chi connectivity index (χ4n) is 0.0500. The average molecular weight is 309 g/mol. The van der Waals surface area contributed by atoms with Gasteiger partial charge in [-0.1, -0.05) is 0 Å². The van der Waals surface area contributed by atoms with Gasteiger partial charge in [-0.15, -0.1) is 0 Å². The van der Waals surface area contributed by atoms with Gasteiger partial charge in [-0.25, -0.2) is 0 Å². The summed E-state index contributed by atoms with van der Waals surface area (Å²) in [4.78, 5) is 0. The molecule has 0 saturated carbocycles. The fraction of sp³-hybridized carbons (Fsp3) is 0. The van der Waals surface area contributed by atoms with Crippen LogP contribution in [-0.2, 0) is 16.5 Å². The van der Waals surface area contributed by atoms with Crippen LogP contribution in [0.2, 0.25) is 0 Å². The Morgan fingerprint density at radius 3 is 1.12 bits per heavy atom. The number of hydrogen-bond donors (Lipinski definition) is 0. The SMILES string of the molecule is N#[C][Ir]([C]#N)[C]#N.[K]. The maximum atomic E-state index is 7.91. The number of hydrogen-bond acceptors (Lipinski definition) is 3. The molecule has 0 bridgehead atoms. The standard InChI is InChI=1S/3CN.Ir.K/c3*1-2;;. The van der Waals surface area contributed by atoms with Crippen molar-refractivity contribution < 1.29 is 16.5 Å². The molecule has 0 aliphatic heterocycles. The minimum absolute atomic E-state index is 0. The van der Waals surface area contributed by atoms with Gasteiger partial charge in [0.25, 0.3) is 0 Å². The summed E-state index contributed by atoms with van der Waals surface area (Å²) in [5.74, 6) is 0. The molecular weight excluding hydrogens is 309 g/mol. The van der Waals surface area contributed by atoms with E-state index in [4.69, 9.17) is 15.8 Å². The van der Waals surface area contributed by atoms with Crippen molar-refractivity contribution in [3.05, 3.63) is 0 Å². The number of nitriles is 3. The van der Waals surface area contributed by atoms with Crippen molar-refractivity contribution in [2.24, 2.45) is 0 Å². The van der Waals surface area contributed by atoms with Gasteiger partial charge in [0.15, 0.2) is 0 Å². The zero-order chi connectivity index (χ0) is 5.70. The van der Waals surface area contributed by atoms with Crippen molar-refractivity contribution in [2.45, 2.75) is 0 Å². The monoisotopic (exact) mass is 310 g/mol. The van der Waals surface area contributed by atoms with Gasteiger partial charge in [0, 0.05) is 51.4 Å². The van der Waals surface area contributed by atoms with Gasteiger partial charge in [-0.05, 0) is 0 Å². The molecule has 5 heteroatoms. The molecule has 3 nitrogen and oxygen atoms in total. The van der Waals surface area contributed by atoms with Crippen LogP contribution < -0.4 is 0 Å². The van der Waals surface area contributed by atoms with Gasteiger partial charge in [-0.2, -0.15) is 0 Å². The van der Waals surface area contributed by atoms with E-state index >= 15 is 0 Å². The predicted octanol–water partition coefficient (Wildman–Crippen LogP) is -0.333. The van der Waals surface area contributed by atoms with Crippen LogP contribution in [0.4, 0.5) is 0 Å². The van der Waals surface area contributed by atoms with Crippen LogP contribution in [0.3, 0.4) is 0 Å². The minimum Gasteiger partial charge on any atom is 0 e. The molecule has 0 aliphatic rings. The summed E-state index contributed by atoms with van der Waals surface area (Å²) in [6.07, 6.45) is 0. The summed E-state index contributed by atoms with van der Waals surface area (Å²) < 4.78 is 4.94. The maximum Gasteiger partial charge on any atom is 0 e. The second kappa shape index (κ2) is 7.76. The Balaban J connectivity index is 0. The van der Waals surface area contributed by atoms with Crippen LogP contribution in [0.15, 0.2) is 0 Å². The van der Waals surface area contributed by atoms with E-state index in [1.807, 2.05) is 0 Å². The second-order valence-electron chi connectivity index (χ2n) is 0.474. The van der Waals surface area contributed by atoms with Crippen LogP contribution in [0.5, 0.6) is 0 Å². The first kappa shape index (κ1) is 11.5. The van der Waals surface area contributed by atoms with E-state index in [0.29, 0.717) is 0 Å². The van der Waals surface area contributed by atoms with Gasteiger partial charge in [-0.3, -0.25) is 0 Å². The molecule has 0 N–H and O–H groups in total. The first-order valence-corrected chi connectivity index (χ1v) is 4.76. The fourth-order valence-corrected chi connectivity index (χ4v) is 0.409. The van der Waals surface area contributed by atoms with Gasteiger partial charge in [0.05, 0.1) is 0 Å². The molecule has 37 valence electrons. The molecule has 0 unspecified atom stereocenters. The van der Waals surface area contributed by atoms with Gasteiger partial charge >= 0.3 is 46.0 Å². The van der Waals surface area contributed by atoms with Crippen LogP contribution in [0.1, 0.15) is 0 Å². The van der Waals surface area contributed by atoms with Crippen molar-refractivity contribution in [2.75, 3.05) is 0 Å². The van der Waals surface area contributed by atoms with E-state index in [0.717, 1.165) is 0 Å².